The number of amides is 1. The molecule has 1 saturated heterocycles. The van der Waals surface area contributed by atoms with E-state index in [0.29, 0.717) is 10.7 Å². The van der Waals surface area contributed by atoms with E-state index in [-0.39, 0.29) is 24.1 Å². The minimum Gasteiger partial charge on any atom is -0.489 e. The average Bonchev–Trinajstić information content (AvgIpc) is 3.23. The summed E-state index contributed by atoms with van der Waals surface area (Å²) in [5, 5.41) is 9.91. The van der Waals surface area contributed by atoms with Crippen molar-refractivity contribution >= 4 is 40.6 Å². The molecule has 0 aromatic heterocycles. The standard InChI is InChI=1S/C30H28N2O4S/c33-28-27(37-30(31-24-10-3-1-4-11-24)32(28)25-12-5-2-6-13-25)19-21-14-16-26(17-15-21)36-20-22-8-7-9-23(18-22)29(34)35/h1,3-4,7-11,14-19,25H,2,5-6,12-13,20H2,(H,34,35)/b27-19-,31-30?. The van der Waals surface area contributed by atoms with Crippen LogP contribution in [0.25, 0.3) is 6.08 Å². The summed E-state index contributed by atoms with van der Waals surface area (Å²) < 4.78 is 5.84. The van der Waals surface area contributed by atoms with Gasteiger partial charge in [0.2, 0.25) is 0 Å². The van der Waals surface area contributed by atoms with Gasteiger partial charge in [0, 0.05) is 6.04 Å². The van der Waals surface area contributed by atoms with Crippen LogP contribution in [-0.2, 0) is 11.4 Å². The number of hydrogen-bond donors (Lipinski definition) is 1. The third-order valence-corrected chi connectivity index (χ3v) is 7.50. The second kappa shape index (κ2) is 11.5. The van der Waals surface area contributed by atoms with Crippen molar-refractivity contribution < 1.29 is 19.4 Å². The number of ether oxygens (including phenoxy) is 1. The van der Waals surface area contributed by atoms with E-state index in [9.17, 15) is 9.59 Å². The molecule has 0 spiro atoms. The number of aliphatic imine (C=N–C) groups is 1. The van der Waals surface area contributed by atoms with Crippen molar-refractivity contribution in [3.8, 4) is 5.75 Å². The van der Waals surface area contributed by atoms with Gasteiger partial charge in [0.15, 0.2) is 5.17 Å². The van der Waals surface area contributed by atoms with Gasteiger partial charge in [-0.3, -0.25) is 9.69 Å². The van der Waals surface area contributed by atoms with Gasteiger partial charge in [0.1, 0.15) is 12.4 Å². The number of carboxylic acids is 1. The molecule has 3 aromatic rings. The molecular formula is C30H28N2O4S. The zero-order chi connectivity index (χ0) is 25.6. The van der Waals surface area contributed by atoms with Crippen LogP contribution >= 0.6 is 11.8 Å². The van der Waals surface area contributed by atoms with E-state index in [1.165, 1.54) is 18.2 Å². The molecule has 1 heterocycles. The van der Waals surface area contributed by atoms with Gasteiger partial charge in [-0.1, -0.05) is 61.7 Å². The van der Waals surface area contributed by atoms with E-state index in [0.717, 1.165) is 47.7 Å². The summed E-state index contributed by atoms with van der Waals surface area (Å²) in [4.78, 5) is 32.1. The first-order valence-corrected chi connectivity index (χ1v) is 13.3. The molecule has 0 radical (unpaired) electrons. The molecule has 3 aromatic carbocycles. The number of amidine groups is 1. The lowest BCUT2D eigenvalue weighted by Gasteiger charge is -2.30. The van der Waals surface area contributed by atoms with E-state index < -0.39 is 5.97 Å². The molecule has 1 N–H and O–H groups in total. The Bertz CT molecular complexity index is 1330. The van der Waals surface area contributed by atoms with Crippen LogP contribution in [0.5, 0.6) is 5.75 Å². The van der Waals surface area contributed by atoms with Gasteiger partial charge in [-0.2, -0.15) is 0 Å². The summed E-state index contributed by atoms with van der Waals surface area (Å²) in [7, 11) is 0. The van der Waals surface area contributed by atoms with Crippen LogP contribution in [-0.4, -0.2) is 33.1 Å². The summed E-state index contributed by atoms with van der Waals surface area (Å²) >= 11 is 1.43. The number of rotatable bonds is 7. The smallest absolute Gasteiger partial charge is 0.335 e. The maximum atomic E-state index is 13.5. The van der Waals surface area contributed by atoms with Crippen molar-refractivity contribution in [2.24, 2.45) is 4.99 Å². The van der Waals surface area contributed by atoms with Gasteiger partial charge in [0.25, 0.3) is 5.91 Å². The molecule has 6 nitrogen and oxygen atoms in total. The number of carboxylic acid groups (broad SMARTS) is 1. The Hall–Kier alpha value is -3.84. The second-order valence-electron chi connectivity index (χ2n) is 9.17. The van der Waals surface area contributed by atoms with Gasteiger partial charge in [-0.25, -0.2) is 9.79 Å². The molecule has 1 amide bonds. The summed E-state index contributed by atoms with van der Waals surface area (Å²) in [5.41, 5.74) is 2.77. The fourth-order valence-electron chi connectivity index (χ4n) is 4.61. The van der Waals surface area contributed by atoms with Crippen molar-refractivity contribution in [2.75, 3.05) is 0 Å². The molecule has 0 unspecified atom stereocenters. The molecule has 0 bridgehead atoms. The number of hydrogen-bond acceptors (Lipinski definition) is 5. The maximum absolute atomic E-state index is 13.5. The van der Waals surface area contributed by atoms with Crippen molar-refractivity contribution in [3.63, 3.8) is 0 Å². The molecule has 37 heavy (non-hydrogen) atoms. The Morgan fingerprint density at radius 3 is 2.49 bits per heavy atom. The largest absolute Gasteiger partial charge is 0.489 e. The van der Waals surface area contributed by atoms with Crippen LogP contribution in [0.15, 0.2) is 88.8 Å². The summed E-state index contributed by atoms with van der Waals surface area (Å²) in [6.45, 7) is 0.269. The molecule has 1 aliphatic carbocycles. The first-order chi connectivity index (χ1) is 18.1. The molecule has 7 heteroatoms. The zero-order valence-electron chi connectivity index (χ0n) is 20.4. The SMILES string of the molecule is O=C(O)c1cccc(COc2ccc(/C=C3\SC(=Nc4ccccc4)N(C4CCCCC4)C3=O)cc2)c1. The lowest BCUT2D eigenvalue weighted by molar-refractivity contribution is -0.124. The highest BCUT2D eigenvalue weighted by molar-refractivity contribution is 8.18. The molecule has 5 rings (SSSR count). The number of carbonyl (C=O) groups is 2. The second-order valence-corrected chi connectivity index (χ2v) is 10.2. The quantitative estimate of drug-likeness (QED) is 0.348. The highest BCUT2D eigenvalue weighted by Gasteiger charge is 2.38. The van der Waals surface area contributed by atoms with Crippen LogP contribution in [0.3, 0.4) is 0 Å². The van der Waals surface area contributed by atoms with E-state index in [4.69, 9.17) is 14.8 Å². The molecule has 1 saturated carbocycles. The fraction of sp³-hybridized carbons (Fsp3) is 0.233. The normalized spacial score (nSPS) is 18.5. The van der Waals surface area contributed by atoms with Crippen molar-refractivity contribution in [1.82, 2.24) is 4.90 Å². The van der Waals surface area contributed by atoms with Crippen LogP contribution in [0.1, 0.15) is 53.6 Å². The average molecular weight is 513 g/mol. The third-order valence-electron chi connectivity index (χ3n) is 6.51. The number of nitrogens with zero attached hydrogens (tertiary/aromatic N) is 2. The number of aromatic carboxylic acids is 1. The van der Waals surface area contributed by atoms with Crippen LogP contribution in [0, 0.1) is 0 Å². The van der Waals surface area contributed by atoms with Gasteiger partial charge in [-0.05, 0) is 78.2 Å². The number of carbonyl (C=O) groups excluding carboxylic acids is 1. The van der Waals surface area contributed by atoms with E-state index in [2.05, 4.69) is 0 Å². The molecule has 188 valence electrons. The highest BCUT2D eigenvalue weighted by atomic mass is 32.2. The predicted molar refractivity (Wildman–Crippen MR) is 147 cm³/mol. The van der Waals surface area contributed by atoms with Gasteiger partial charge in [0.05, 0.1) is 16.2 Å². The Morgan fingerprint density at radius 2 is 1.76 bits per heavy atom. The minimum atomic E-state index is -0.961. The van der Waals surface area contributed by atoms with Crippen LogP contribution in [0.2, 0.25) is 0 Å². The van der Waals surface area contributed by atoms with Gasteiger partial charge < -0.3 is 9.84 Å². The van der Waals surface area contributed by atoms with Gasteiger partial charge >= 0.3 is 5.97 Å². The third kappa shape index (κ3) is 6.12. The Morgan fingerprint density at radius 1 is 1.00 bits per heavy atom. The lowest BCUT2D eigenvalue weighted by atomic mass is 9.94. The van der Waals surface area contributed by atoms with E-state index in [1.807, 2.05) is 71.6 Å². The van der Waals surface area contributed by atoms with E-state index >= 15 is 0 Å². The van der Waals surface area contributed by atoms with E-state index in [1.54, 1.807) is 18.2 Å². The Labute approximate surface area is 220 Å². The number of benzene rings is 3. The molecule has 2 fully saturated rings. The zero-order valence-corrected chi connectivity index (χ0v) is 21.2. The minimum absolute atomic E-state index is 0.0187. The Kier molecular flexibility index (Phi) is 7.70. The van der Waals surface area contributed by atoms with Gasteiger partial charge in [-0.15, -0.1) is 0 Å². The highest BCUT2D eigenvalue weighted by Crippen LogP contribution is 2.38. The maximum Gasteiger partial charge on any atom is 0.335 e. The molecular weight excluding hydrogens is 484 g/mol. The number of para-hydroxylation sites is 1. The first kappa shape index (κ1) is 24.8. The number of thioether (sulfide) groups is 1. The van der Waals surface area contributed by atoms with Crippen molar-refractivity contribution in [1.29, 1.82) is 0 Å². The topological polar surface area (TPSA) is 79.2 Å². The molecule has 0 atom stereocenters. The molecule has 1 aliphatic heterocycles. The monoisotopic (exact) mass is 512 g/mol. The fourth-order valence-corrected chi connectivity index (χ4v) is 5.67. The first-order valence-electron chi connectivity index (χ1n) is 12.5. The van der Waals surface area contributed by atoms with Crippen molar-refractivity contribution in [2.45, 2.75) is 44.8 Å². The summed E-state index contributed by atoms with van der Waals surface area (Å²) in [6.07, 6.45) is 7.43. The van der Waals surface area contributed by atoms with Crippen LogP contribution in [0.4, 0.5) is 5.69 Å². The molecule has 2 aliphatic rings. The lowest BCUT2D eigenvalue weighted by Crippen LogP contribution is -2.40. The predicted octanol–water partition coefficient (Wildman–Crippen LogP) is 6.90. The van der Waals surface area contributed by atoms with Crippen molar-refractivity contribution in [3.05, 3.63) is 100 Å². The Balaban J connectivity index is 1.31. The summed E-state index contributed by atoms with van der Waals surface area (Å²) in [6, 6.07) is 24.2. The van der Waals surface area contributed by atoms with Crippen LogP contribution < -0.4 is 4.74 Å². The summed E-state index contributed by atoms with van der Waals surface area (Å²) in [5.74, 6) is -0.272.